The van der Waals surface area contributed by atoms with Crippen molar-refractivity contribution in [1.29, 1.82) is 0 Å². The molecule has 2 heterocycles. The molecule has 1 aromatic heterocycles. The van der Waals surface area contributed by atoms with Crippen LogP contribution in [0.2, 0.25) is 5.22 Å². The minimum atomic E-state index is 0.204. The molecular formula is C14H21ClN2O2. The molecule has 2 atom stereocenters. The van der Waals surface area contributed by atoms with E-state index in [0.717, 1.165) is 24.3 Å². The first-order valence-electron chi connectivity index (χ1n) is 6.85. The highest BCUT2D eigenvalue weighted by atomic mass is 35.5. The van der Waals surface area contributed by atoms with E-state index in [4.69, 9.17) is 16.1 Å². The van der Waals surface area contributed by atoms with Crippen LogP contribution in [0.25, 0.3) is 0 Å². The molecule has 0 radical (unpaired) electrons. The minimum Gasteiger partial charge on any atom is -0.344 e. The second-order valence-electron chi connectivity index (χ2n) is 5.77. The largest absolute Gasteiger partial charge is 0.344 e. The molecule has 0 saturated carbocycles. The van der Waals surface area contributed by atoms with Crippen LogP contribution in [0.3, 0.4) is 0 Å². The molecule has 1 amide bonds. The standard InChI is InChI=1S/C14H21ClN2O2/c1-9-6-10(2)8-17(7-9)13(18)5-4-12-11(3)16-19-14(12)15/h9-10H,4-8H2,1-3H3/t9-,10-/m1/s1. The molecule has 0 aliphatic carbocycles. The van der Waals surface area contributed by atoms with E-state index in [9.17, 15) is 4.79 Å². The third-order valence-corrected chi connectivity index (χ3v) is 4.04. The Labute approximate surface area is 119 Å². The van der Waals surface area contributed by atoms with Crippen LogP contribution in [-0.2, 0) is 11.2 Å². The number of piperidine rings is 1. The number of hydrogen-bond acceptors (Lipinski definition) is 3. The summed E-state index contributed by atoms with van der Waals surface area (Å²) in [5, 5.41) is 4.11. The Morgan fingerprint density at radius 3 is 2.58 bits per heavy atom. The maximum Gasteiger partial charge on any atom is 0.229 e. The Balaban J connectivity index is 1.91. The lowest BCUT2D eigenvalue weighted by Gasteiger charge is -2.35. The number of nitrogens with zero attached hydrogens (tertiary/aromatic N) is 2. The third kappa shape index (κ3) is 3.50. The van der Waals surface area contributed by atoms with Gasteiger partial charge in [-0.2, -0.15) is 0 Å². The number of aromatic nitrogens is 1. The van der Waals surface area contributed by atoms with Gasteiger partial charge in [0.15, 0.2) is 0 Å². The van der Waals surface area contributed by atoms with E-state index >= 15 is 0 Å². The molecule has 1 aliphatic rings. The van der Waals surface area contributed by atoms with Gasteiger partial charge in [-0.15, -0.1) is 0 Å². The summed E-state index contributed by atoms with van der Waals surface area (Å²) in [6.45, 7) is 8.01. The summed E-state index contributed by atoms with van der Waals surface area (Å²) in [6, 6.07) is 0. The summed E-state index contributed by atoms with van der Waals surface area (Å²) in [7, 11) is 0. The molecule has 4 nitrogen and oxygen atoms in total. The van der Waals surface area contributed by atoms with Gasteiger partial charge in [0, 0.05) is 25.1 Å². The number of likely N-dealkylation sites (tertiary alicyclic amines) is 1. The lowest BCUT2D eigenvalue weighted by atomic mass is 9.91. The van der Waals surface area contributed by atoms with Gasteiger partial charge in [0.1, 0.15) is 0 Å². The highest BCUT2D eigenvalue weighted by Crippen LogP contribution is 2.24. The SMILES string of the molecule is Cc1noc(Cl)c1CCC(=O)N1C[C@H](C)C[C@@H](C)C1. The summed E-state index contributed by atoms with van der Waals surface area (Å²) in [5.41, 5.74) is 1.63. The molecule has 1 aliphatic heterocycles. The van der Waals surface area contributed by atoms with Crippen LogP contribution in [0.1, 0.15) is 37.9 Å². The summed E-state index contributed by atoms with van der Waals surface area (Å²) in [5.74, 6) is 1.39. The Hall–Kier alpha value is -1.03. The van der Waals surface area contributed by atoms with Gasteiger partial charge in [-0.05, 0) is 43.2 Å². The molecule has 0 spiro atoms. The quantitative estimate of drug-likeness (QED) is 0.857. The fraction of sp³-hybridized carbons (Fsp3) is 0.714. The summed E-state index contributed by atoms with van der Waals surface area (Å²) < 4.78 is 4.90. The van der Waals surface area contributed by atoms with Gasteiger partial charge in [0.2, 0.25) is 11.1 Å². The van der Waals surface area contributed by atoms with E-state index in [1.165, 1.54) is 6.42 Å². The molecule has 0 unspecified atom stereocenters. The van der Waals surface area contributed by atoms with Gasteiger partial charge in [-0.3, -0.25) is 4.79 Å². The third-order valence-electron chi connectivity index (χ3n) is 3.75. The predicted molar refractivity (Wildman–Crippen MR) is 74.1 cm³/mol. The first kappa shape index (κ1) is 14.4. The summed E-state index contributed by atoms with van der Waals surface area (Å²) in [6.07, 6.45) is 2.29. The molecule has 0 bridgehead atoms. The number of rotatable bonds is 3. The van der Waals surface area contributed by atoms with Crippen LogP contribution >= 0.6 is 11.6 Å². The van der Waals surface area contributed by atoms with E-state index in [-0.39, 0.29) is 5.91 Å². The van der Waals surface area contributed by atoms with E-state index in [1.807, 2.05) is 11.8 Å². The van der Waals surface area contributed by atoms with Crippen molar-refractivity contribution in [2.75, 3.05) is 13.1 Å². The normalized spacial score (nSPS) is 23.7. The summed E-state index contributed by atoms with van der Waals surface area (Å²) in [4.78, 5) is 14.2. The minimum absolute atomic E-state index is 0.204. The van der Waals surface area contributed by atoms with Crippen LogP contribution in [0.5, 0.6) is 0 Å². The first-order chi connectivity index (χ1) is 8.97. The molecular weight excluding hydrogens is 264 g/mol. The zero-order valence-electron chi connectivity index (χ0n) is 11.8. The lowest BCUT2D eigenvalue weighted by molar-refractivity contribution is -0.133. The van der Waals surface area contributed by atoms with Crippen molar-refractivity contribution in [3.8, 4) is 0 Å². The van der Waals surface area contributed by atoms with Crippen LogP contribution < -0.4 is 0 Å². The number of halogens is 1. The molecule has 0 N–H and O–H groups in total. The monoisotopic (exact) mass is 284 g/mol. The van der Waals surface area contributed by atoms with E-state index in [0.29, 0.717) is 29.9 Å². The van der Waals surface area contributed by atoms with Crippen molar-refractivity contribution in [3.63, 3.8) is 0 Å². The average molecular weight is 285 g/mol. The van der Waals surface area contributed by atoms with Crippen LogP contribution in [-0.4, -0.2) is 29.1 Å². The molecule has 2 rings (SSSR count). The Kier molecular flexibility index (Phi) is 4.50. The van der Waals surface area contributed by atoms with Crippen molar-refractivity contribution in [3.05, 3.63) is 16.5 Å². The zero-order chi connectivity index (χ0) is 14.0. The smallest absolute Gasteiger partial charge is 0.229 e. The van der Waals surface area contributed by atoms with Gasteiger partial charge < -0.3 is 9.42 Å². The molecule has 0 aromatic carbocycles. The van der Waals surface area contributed by atoms with E-state index in [2.05, 4.69) is 19.0 Å². The van der Waals surface area contributed by atoms with Crippen LogP contribution in [0, 0.1) is 18.8 Å². The zero-order valence-corrected chi connectivity index (χ0v) is 12.5. The van der Waals surface area contributed by atoms with Crippen molar-refractivity contribution < 1.29 is 9.32 Å². The van der Waals surface area contributed by atoms with Crippen molar-refractivity contribution in [2.24, 2.45) is 11.8 Å². The van der Waals surface area contributed by atoms with Gasteiger partial charge in [-0.25, -0.2) is 0 Å². The van der Waals surface area contributed by atoms with Gasteiger partial charge >= 0.3 is 0 Å². The molecule has 106 valence electrons. The highest BCUT2D eigenvalue weighted by Gasteiger charge is 2.25. The molecule has 5 heteroatoms. The topological polar surface area (TPSA) is 46.3 Å². The summed E-state index contributed by atoms with van der Waals surface area (Å²) >= 11 is 5.91. The number of carbonyl (C=O) groups excluding carboxylic acids is 1. The molecule has 1 aromatic rings. The van der Waals surface area contributed by atoms with Gasteiger partial charge in [-0.1, -0.05) is 19.0 Å². The number of carbonyl (C=O) groups is 1. The Bertz CT molecular complexity index is 429. The second-order valence-corrected chi connectivity index (χ2v) is 6.11. The van der Waals surface area contributed by atoms with E-state index in [1.54, 1.807) is 0 Å². The van der Waals surface area contributed by atoms with Gasteiger partial charge in [0.05, 0.1) is 5.69 Å². The van der Waals surface area contributed by atoms with Crippen LogP contribution in [0.4, 0.5) is 0 Å². The highest BCUT2D eigenvalue weighted by molar-refractivity contribution is 6.29. The predicted octanol–water partition coefficient (Wildman–Crippen LogP) is 3.07. The maximum atomic E-state index is 12.2. The Morgan fingerprint density at radius 1 is 1.42 bits per heavy atom. The van der Waals surface area contributed by atoms with Gasteiger partial charge in [0.25, 0.3) is 0 Å². The fourth-order valence-corrected chi connectivity index (χ4v) is 3.16. The number of aryl methyl sites for hydroxylation is 1. The van der Waals surface area contributed by atoms with Crippen LogP contribution in [0.15, 0.2) is 4.52 Å². The second kappa shape index (κ2) is 5.95. The van der Waals surface area contributed by atoms with E-state index < -0.39 is 0 Å². The molecule has 1 saturated heterocycles. The maximum absolute atomic E-state index is 12.2. The molecule has 19 heavy (non-hydrogen) atoms. The first-order valence-corrected chi connectivity index (χ1v) is 7.23. The number of amides is 1. The number of hydrogen-bond donors (Lipinski definition) is 0. The lowest BCUT2D eigenvalue weighted by Crippen LogP contribution is -2.42. The Morgan fingerprint density at radius 2 is 2.05 bits per heavy atom. The van der Waals surface area contributed by atoms with Crippen molar-refractivity contribution >= 4 is 17.5 Å². The average Bonchev–Trinajstić information content (AvgIpc) is 2.65. The molecule has 1 fully saturated rings. The van der Waals surface area contributed by atoms with Crippen molar-refractivity contribution in [1.82, 2.24) is 10.1 Å². The fourth-order valence-electron chi connectivity index (χ4n) is 2.90. The van der Waals surface area contributed by atoms with Crippen molar-refractivity contribution in [2.45, 2.75) is 40.0 Å².